The van der Waals surface area contributed by atoms with Gasteiger partial charge >= 0.3 is 0 Å². The van der Waals surface area contributed by atoms with Crippen LogP contribution in [-0.4, -0.2) is 28.5 Å². The van der Waals surface area contributed by atoms with E-state index in [4.69, 9.17) is 22.5 Å². The van der Waals surface area contributed by atoms with Crippen molar-refractivity contribution in [3.63, 3.8) is 0 Å². The van der Waals surface area contributed by atoms with E-state index in [1.807, 2.05) is 25.1 Å². The topological polar surface area (TPSA) is 61.8 Å². The van der Waals surface area contributed by atoms with Crippen LogP contribution in [0.25, 0.3) is 0 Å². The van der Waals surface area contributed by atoms with Crippen LogP contribution in [0.15, 0.2) is 23.4 Å². The van der Waals surface area contributed by atoms with E-state index in [9.17, 15) is 0 Å². The predicted molar refractivity (Wildman–Crippen MR) is 75.1 cm³/mol. The van der Waals surface area contributed by atoms with Crippen LogP contribution in [0, 0.1) is 6.92 Å². The maximum absolute atomic E-state index is 8.63. The van der Waals surface area contributed by atoms with Crippen molar-refractivity contribution in [1.29, 1.82) is 0 Å². The summed E-state index contributed by atoms with van der Waals surface area (Å²) in [4.78, 5) is 2.09. The summed E-state index contributed by atoms with van der Waals surface area (Å²) >= 11 is 6.21. The molecule has 0 aliphatic heterocycles. The molecule has 0 saturated heterocycles. The average molecular weight is 270 g/mol. The number of amidine groups is 1. The summed E-state index contributed by atoms with van der Waals surface area (Å²) in [6.07, 6.45) is 0. The molecule has 0 bridgehead atoms. The molecule has 0 unspecified atom stereocenters. The number of benzene rings is 1. The molecule has 1 aromatic carbocycles. The van der Waals surface area contributed by atoms with Crippen LogP contribution in [0.5, 0.6) is 0 Å². The maximum atomic E-state index is 8.63. The summed E-state index contributed by atoms with van der Waals surface area (Å²) in [5.74, 6) is 0.201. The highest BCUT2D eigenvalue weighted by atomic mass is 35.5. The molecular weight excluding hydrogens is 250 g/mol. The monoisotopic (exact) mass is 269 g/mol. The number of hydrogen-bond donors (Lipinski definition) is 2. The van der Waals surface area contributed by atoms with Gasteiger partial charge in [-0.05, 0) is 38.0 Å². The molecule has 0 aromatic heterocycles. The zero-order valence-electron chi connectivity index (χ0n) is 11.0. The standard InChI is InChI=1S/C13H20ClN3O/c1-9(2)17(8-13(15)16-18)7-11-5-4-10(3)6-12(11)14/h4-6,9,18H,7-8H2,1-3H3,(H2,15,16). The Balaban J connectivity index is 2.83. The molecule has 18 heavy (non-hydrogen) atoms. The fourth-order valence-electron chi connectivity index (χ4n) is 1.66. The van der Waals surface area contributed by atoms with Gasteiger partial charge in [-0.25, -0.2) is 0 Å². The second-order valence-corrected chi connectivity index (χ2v) is 5.09. The molecule has 1 aromatic rings. The Morgan fingerprint density at radius 2 is 2.17 bits per heavy atom. The first-order chi connectivity index (χ1) is 8.43. The minimum atomic E-state index is 0.201. The van der Waals surface area contributed by atoms with Gasteiger partial charge < -0.3 is 10.9 Å². The molecule has 0 saturated carbocycles. The highest BCUT2D eigenvalue weighted by Crippen LogP contribution is 2.20. The van der Waals surface area contributed by atoms with Crippen molar-refractivity contribution < 1.29 is 5.21 Å². The molecule has 100 valence electrons. The first-order valence-corrected chi connectivity index (χ1v) is 6.27. The van der Waals surface area contributed by atoms with E-state index in [0.29, 0.717) is 13.1 Å². The summed E-state index contributed by atoms with van der Waals surface area (Å²) in [7, 11) is 0. The Bertz CT molecular complexity index is 432. The lowest BCUT2D eigenvalue weighted by Crippen LogP contribution is -2.38. The normalized spacial score (nSPS) is 12.4. The maximum Gasteiger partial charge on any atom is 0.153 e. The van der Waals surface area contributed by atoms with E-state index in [1.165, 1.54) is 0 Å². The fourth-order valence-corrected chi connectivity index (χ4v) is 1.95. The van der Waals surface area contributed by atoms with E-state index in [-0.39, 0.29) is 11.9 Å². The minimum absolute atomic E-state index is 0.201. The van der Waals surface area contributed by atoms with Crippen LogP contribution in [0.2, 0.25) is 5.02 Å². The number of oxime groups is 1. The van der Waals surface area contributed by atoms with E-state index in [0.717, 1.165) is 16.1 Å². The SMILES string of the molecule is Cc1ccc(CN(C/C(N)=N/O)C(C)C)c(Cl)c1. The van der Waals surface area contributed by atoms with Gasteiger partial charge in [-0.15, -0.1) is 0 Å². The number of halogens is 1. The van der Waals surface area contributed by atoms with Gasteiger partial charge in [0.05, 0.1) is 6.54 Å². The third-order valence-electron chi connectivity index (χ3n) is 2.81. The van der Waals surface area contributed by atoms with Crippen molar-refractivity contribution in [2.45, 2.75) is 33.4 Å². The molecule has 4 nitrogen and oxygen atoms in total. The molecule has 1 rings (SSSR count). The molecule has 5 heteroatoms. The van der Waals surface area contributed by atoms with Crippen molar-refractivity contribution in [3.05, 3.63) is 34.3 Å². The summed E-state index contributed by atoms with van der Waals surface area (Å²) in [5.41, 5.74) is 7.73. The van der Waals surface area contributed by atoms with E-state index in [1.54, 1.807) is 0 Å². The van der Waals surface area contributed by atoms with Crippen LogP contribution in [0.3, 0.4) is 0 Å². The smallest absolute Gasteiger partial charge is 0.153 e. The van der Waals surface area contributed by atoms with Crippen LogP contribution < -0.4 is 5.73 Å². The van der Waals surface area contributed by atoms with E-state index < -0.39 is 0 Å². The van der Waals surface area contributed by atoms with Gasteiger partial charge in [0.2, 0.25) is 0 Å². The van der Waals surface area contributed by atoms with Gasteiger partial charge in [0.15, 0.2) is 5.84 Å². The second-order valence-electron chi connectivity index (χ2n) is 4.68. The number of rotatable bonds is 5. The van der Waals surface area contributed by atoms with Crippen LogP contribution in [-0.2, 0) is 6.54 Å². The Morgan fingerprint density at radius 1 is 1.50 bits per heavy atom. The first-order valence-electron chi connectivity index (χ1n) is 5.89. The zero-order valence-corrected chi connectivity index (χ0v) is 11.8. The van der Waals surface area contributed by atoms with Crippen LogP contribution in [0.4, 0.5) is 0 Å². The highest BCUT2D eigenvalue weighted by molar-refractivity contribution is 6.31. The molecule has 0 amide bonds. The lowest BCUT2D eigenvalue weighted by atomic mass is 10.1. The molecule has 0 spiro atoms. The number of nitrogens with two attached hydrogens (primary N) is 1. The Kier molecular flexibility index (Phi) is 5.44. The molecule has 0 aliphatic rings. The summed E-state index contributed by atoms with van der Waals surface area (Å²) in [6.45, 7) is 7.22. The molecule has 0 radical (unpaired) electrons. The summed E-state index contributed by atoms with van der Waals surface area (Å²) < 4.78 is 0. The van der Waals surface area contributed by atoms with Gasteiger partial charge in [0, 0.05) is 17.6 Å². The van der Waals surface area contributed by atoms with Crippen molar-refractivity contribution in [2.24, 2.45) is 10.9 Å². The minimum Gasteiger partial charge on any atom is -0.409 e. The average Bonchev–Trinajstić information content (AvgIpc) is 2.30. The summed E-state index contributed by atoms with van der Waals surface area (Å²) in [5, 5.41) is 12.4. The van der Waals surface area contributed by atoms with Gasteiger partial charge in [0.25, 0.3) is 0 Å². The lowest BCUT2D eigenvalue weighted by Gasteiger charge is -2.26. The van der Waals surface area contributed by atoms with Crippen LogP contribution >= 0.6 is 11.6 Å². The lowest BCUT2D eigenvalue weighted by molar-refractivity contribution is 0.238. The molecule has 3 N–H and O–H groups in total. The largest absolute Gasteiger partial charge is 0.409 e. The van der Waals surface area contributed by atoms with Crippen molar-refractivity contribution in [3.8, 4) is 0 Å². The molecule has 0 aliphatic carbocycles. The molecular formula is C13H20ClN3O. The predicted octanol–water partition coefficient (Wildman–Crippen LogP) is 2.61. The van der Waals surface area contributed by atoms with Gasteiger partial charge in [-0.3, -0.25) is 4.90 Å². The number of hydrogen-bond acceptors (Lipinski definition) is 3. The zero-order chi connectivity index (χ0) is 13.7. The molecule has 0 heterocycles. The van der Waals surface area contributed by atoms with Crippen LogP contribution in [0.1, 0.15) is 25.0 Å². The third kappa shape index (κ3) is 4.20. The van der Waals surface area contributed by atoms with E-state index in [2.05, 4.69) is 23.9 Å². The molecule has 0 atom stereocenters. The van der Waals surface area contributed by atoms with Crippen molar-refractivity contribution >= 4 is 17.4 Å². The van der Waals surface area contributed by atoms with Gasteiger partial charge in [-0.1, -0.05) is 28.9 Å². The third-order valence-corrected chi connectivity index (χ3v) is 3.16. The quantitative estimate of drug-likeness (QED) is 0.374. The molecule has 0 fully saturated rings. The second kappa shape index (κ2) is 6.61. The van der Waals surface area contributed by atoms with Gasteiger partial charge in [0.1, 0.15) is 0 Å². The Labute approximate surface area is 113 Å². The fraction of sp³-hybridized carbons (Fsp3) is 0.462. The number of nitrogens with zero attached hydrogens (tertiary/aromatic N) is 2. The van der Waals surface area contributed by atoms with Crippen molar-refractivity contribution in [1.82, 2.24) is 4.90 Å². The highest BCUT2D eigenvalue weighted by Gasteiger charge is 2.13. The van der Waals surface area contributed by atoms with E-state index >= 15 is 0 Å². The van der Waals surface area contributed by atoms with Crippen molar-refractivity contribution in [2.75, 3.05) is 6.54 Å². The Hall–Kier alpha value is -1.26. The number of aryl methyl sites for hydroxylation is 1. The van der Waals surface area contributed by atoms with Gasteiger partial charge in [-0.2, -0.15) is 0 Å². The summed E-state index contributed by atoms with van der Waals surface area (Å²) in [6, 6.07) is 6.27. The Morgan fingerprint density at radius 3 is 2.67 bits per heavy atom. The first kappa shape index (κ1) is 14.8.